The van der Waals surface area contributed by atoms with Crippen molar-refractivity contribution in [2.75, 3.05) is 13.2 Å². The van der Waals surface area contributed by atoms with Crippen LogP contribution in [0.4, 0.5) is 0 Å². The minimum Gasteiger partial charge on any atom is -0.481 e. The van der Waals surface area contributed by atoms with Gasteiger partial charge in [-0.25, -0.2) is 4.98 Å². The lowest BCUT2D eigenvalue weighted by Crippen LogP contribution is -2.39. The van der Waals surface area contributed by atoms with Gasteiger partial charge in [0, 0.05) is 19.9 Å². The van der Waals surface area contributed by atoms with Crippen molar-refractivity contribution >= 4 is 22.9 Å². The molecule has 5 unspecified atom stereocenters. The number of carboxylic acid groups (broad SMARTS) is 1. The number of ether oxygens (including phenoxy) is 1. The van der Waals surface area contributed by atoms with Gasteiger partial charge in [0.25, 0.3) is 5.91 Å². The van der Waals surface area contributed by atoms with Crippen molar-refractivity contribution in [1.82, 2.24) is 25.1 Å². The molecule has 2 aliphatic rings. The Morgan fingerprint density at radius 3 is 2.77 bits per heavy atom. The predicted molar refractivity (Wildman–Crippen MR) is 130 cm³/mol. The van der Waals surface area contributed by atoms with Gasteiger partial charge in [-0.15, -0.1) is 0 Å². The summed E-state index contributed by atoms with van der Waals surface area (Å²) in [5.41, 5.74) is 1.68. The van der Waals surface area contributed by atoms with E-state index >= 15 is 0 Å². The second-order valence-corrected chi connectivity index (χ2v) is 10.4. The van der Waals surface area contributed by atoms with Crippen molar-refractivity contribution in [2.45, 2.75) is 51.0 Å². The van der Waals surface area contributed by atoms with Crippen LogP contribution in [-0.2, 0) is 22.0 Å². The molecule has 1 aromatic carbocycles. The van der Waals surface area contributed by atoms with Crippen LogP contribution in [0.1, 0.15) is 67.4 Å². The van der Waals surface area contributed by atoms with E-state index in [0.29, 0.717) is 41.9 Å². The summed E-state index contributed by atoms with van der Waals surface area (Å²) in [6.07, 6.45) is 5.27. The Bertz CT molecular complexity index is 1240. The maximum atomic E-state index is 13.2. The van der Waals surface area contributed by atoms with Gasteiger partial charge in [-0.1, -0.05) is 26.3 Å². The Morgan fingerprint density at radius 2 is 2.11 bits per heavy atom. The molecule has 1 amide bonds. The van der Waals surface area contributed by atoms with Gasteiger partial charge in [-0.05, 0) is 60.8 Å². The molecule has 9 nitrogen and oxygen atoms in total. The van der Waals surface area contributed by atoms with Crippen molar-refractivity contribution in [2.24, 2.45) is 24.8 Å². The van der Waals surface area contributed by atoms with E-state index in [-0.39, 0.29) is 24.5 Å². The molecule has 9 heteroatoms. The lowest BCUT2D eigenvalue weighted by atomic mass is 9.72. The molecule has 0 bridgehead atoms. The van der Waals surface area contributed by atoms with E-state index < -0.39 is 11.4 Å². The molecule has 35 heavy (non-hydrogen) atoms. The van der Waals surface area contributed by atoms with Crippen LogP contribution < -0.4 is 5.32 Å². The van der Waals surface area contributed by atoms with E-state index in [1.165, 1.54) is 0 Å². The number of aromatic nitrogens is 4. The van der Waals surface area contributed by atoms with E-state index in [1.54, 1.807) is 24.0 Å². The van der Waals surface area contributed by atoms with Crippen LogP contribution in [0.25, 0.3) is 11.0 Å². The quantitative estimate of drug-likeness (QED) is 0.497. The topological polar surface area (TPSA) is 122 Å². The minimum absolute atomic E-state index is 0.163. The van der Waals surface area contributed by atoms with Crippen LogP contribution in [0, 0.1) is 17.8 Å². The first-order valence-corrected chi connectivity index (χ1v) is 12.4. The molecule has 2 aromatic heterocycles. The van der Waals surface area contributed by atoms with Gasteiger partial charge in [0.1, 0.15) is 16.9 Å². The molecule has 0 spiro atoms. The molecule has 186 valence electrons. The van der Waals surface area contributed by atoms with E-state index in [4.69, 9.17) is 9.72 Å². The number of hydrogen-bond acceptors (Lipinski definition) is 5. The Kier molecular flexibility index (Phi) is 6.13. The molecule has 0 radical (unpaired) electrons. The van der Waals surface area contributed by atoms with Crippen molar-refractivity contribution in [1.29, 1.82) is 0 Å². The Morgan fingerprint density at radius 1 is 1.29 bits per heavy atom. The van der Waals surface area contributed by atoms with E-state index in [0.717, 1.165) is 30.3 Å². The molecule has 2 fully saturated rings. The molecule has 3 heterocycles. The van der Waals surface area contributed by atoms with Crippen LogP contribution in [0.5, 0.6) is 0 Å². The number of benzene rings is 1. The SMILES string of the molecule is CC1CCC(C(NC(=O)c2ccnn2C)c2nc3ccc(C4(C(=O)O)CCOC4)cc3[nH]2)C(C)C1. The number of H-pyrrole nitrogens is 1. The fourth-order valence-electron chi connectivity index (χ4n) is 5.93. The average molecular weight is 480 g/mol. The highest BCUT2D eigenvalue weighted by atomic mass is 16.5. The predicted octanol–water partition coefficient (Wildman–Crippen LogP) is 3.58. The zero-order chi connectivity index (χ0) is 24.7. The van der Waals surface area contributed by atoms with Gasteiger partial charge in [0.2, 0.25) is 0 Å². The summed E-state index contributed by atoms with van der Waals surface area (Å²) in [5, 5.41) is 17.3. The zero-order valence-electron chi connectivity index (χ0n) is 20.5. The van der Waals surface area contributed by atoms with Crippen molar-refractivity contribution in [3.63, 3.8) is 0 Å². The maximum absolute atomic E-state index is 13.2. The number of imidazole rings is 1. The average Bonchev–Trinajstić information content (AvgIpc) is 3.56. The molecule has 1 aliphatic carbocycles. The number of hydrogen-bond donors (Lipinski definition) is 3. The minimum atomic E-state index is -1.04. The monoisotopic (exact) mass is 479 g/mol. The normalized spacial score (nSPS) is 27.7. The van der Waals surface area contributed by atoms with Crippen LogP contribution in [-0.4, -0.2) is 49.9 Å². The van der Waals surface area contributed by atoms with Crippen LogP contribution in [0.2, 0.25) is 0 Å². The lowest BCUT2D eigenvalue weighted by molar-refractivity contribution is -0.143. The molecule has 1 aliphatic heterocycles. The van der Waals surface area contributed by atoms with Gasteiger partial charge in [-0.2, -0.15) is 5.10 Å². The number of aromatic amines is 1. The summed E-state index contributed by atoms with van der Waals surface area (Å²) in [6.45, 7) is 5.12. The van der Waals surface area contributed by atoms with Crippen LogP contribution >= 0.6 is 0 Å². The second-order valence-electron chi connectivity index (χ2n) is 10.4. The first-order chi connectivity index (χ1) is 16.8. The summed E-state index contributed by atoms with van der Waals surface area (Å²) in [4.78, 5) is 33.6. The molecule has 3 aromatic rings. The highest BCUT2D eigenvalue weighted by molar-refractivity contribution is 5.92. The summed E-state index contributed by atoms with van der Waals surface area (Å²) < 4.78 is 7.03. The Balaban J connectivity index is 1.52. The number of aliphatic carboxylic acids is 1. The van der Waals surface area contributed by atoms with Crippen molar-refractivity contribution in [3.05, 3.63) is 47.5 Å². The number of carbonyl (C=O) groups excluding carboxylic acids is 1. The molecular weight excluding hydrogens is 446 g/mol. The summed E-state index contributed by atoms with van der Waals surface area (Å²) in [5.74, 6) is 0.956. The molecule has 1 saturated carbocycles. The van der Waals surface area contributed by atoms with E-state index in [9.17, 15) is 14.7 Å². The number of aryl methyl sites for hydroxylation is 1. The maximum Gasteiger partial charge on any atom is 0.316 e. The first-order valence-electron chi connectivity index (χ1n) is 12.4. The van der Waals surface area contributed by atoms with E-state index in [1.807, 2.05) is 18.2 Å². The smallest absolute Gasteiger partial charge is 0.316 e. The largest absolute Gasteiger partial charge is 0.481 e. The highest BCUT2D eigenvalue weighted by Crippen LogP contribution is 2.41. The number of carboxylic acids is 1. The lowest BCUT2D eigenvalue weighted by Gasteiger charge is -2.37. The van der Waals surface area contributed by atoms with Gasteiger partial charge >= 0.3 is 5.97 Å². The summed E-state index contributed by atoms with van der Waals surface area (Å²) in [6, 6.07) is 6.99. The van der Waals surface area contributed by atoms with Gasteiger partial charge in [-0.3, -0.25) is 14.3 Å². The van der Waals surface area contributed by atoms with Crippen molar-refractivity contribution in [3.8, 4) is 0 Å². The van der Waals surface area contributed by atoms with Gasteiger partial charge in [0.15, 0.2) is 0 Å². The third-order valence-electron chi connectivity index (χ3n) is 8.04. The standard InChI is InChI=1S/C26H33N5O4/c1-15-4-6-18(16(2)12-15)22(30-24(32)21-8-10-27-31(21)3)23-28-19-7-5-17(13-20(19)29-23)26(25(33)34)9-11-35-14-26/h5,7-8,10,13,15-16,18,22H,4,6,9,11-12,14H2,1-3H3,(H,28,29)(H,30,32)(H,33,34). The van der Waals surface area contributed by atoms with Crippen LogP contribution in [0.15, 0.2) is 30.5 Å². The Labute approximate surface area is 204 Å². The summed E-state index contributed by atoms with van der Waals surface area (Å²) >= 11 is 0. The highest BCUT2D eigenvalue weighted by Gasteiger charge is 2.44. The van der Waals surface area contributed by atoms with Crippen molar-refractivity contribution < 1.29 is 19.4 Å². The molecule has 5 atom stereocenters. The fraction of sp³-hybridized carbons (Fsp3) is 0.538. The first kappa shape index (κ1) is 23.5. The third-order valence-corrected chi connectivity index (χ3v) is 8.04. The number of nitrogens with one attached hydrogen (secondary N) is 2. The number of rotatable bonds is 6. The third kappa shape index (κ3) is 4.22. The number of fused-ring (bicyclic) bond motifs is 1. The molecule has 1 saturated heterocycles. The molecule has 5 rings (SSSR count). The van der Waals surface area contributed by atoms with Gasteiger partial charge in [0.05, 0.1) is 23.7 Å². The molecular formula is C26H33N5O4. The fourth-order valence-corrected chi connectivity index (χ4v) is 5.93. The number of carbonyl (C=O) groups is 2. The van der Waals surface area contributed by atoms with Gasteiger partial charge < -0.3 is 20.1 Å². The second kappa shape index (κ2) is 9.11. The number of amides is 1. The molecule has 3 N–H and O–H groups in total. The van der Waals surface area contributed by atoms with Crippen LogP contribution in [0.3, 0.4) is 0 Å². The van der Waals surface area contributed by atoms with E-state index in [2.05, 4.69) is 29.2 Å². The zero-order valence-corrected chi connectivity index (χ0v) is 20.5. The Hall–Kier alpha value is -3.20. The number of nitrogens with zero attached hydrogens (tertiary/aromatic N) is 3. The summed E-state index contributed by atoms with van der Waals surface area (Å²) in [7, 11) is 1.75.